The highest BCUT2D eigenvalue weighted by molar-refractivity contribution is 7.08. The third-order valence-electron chi connectivity index (χ3n) is 3.39. The molecule has 19 heavy (non-hydrogen) atoms. The molecule has 0 fully saturated rings. The molecule has 0 aliphatic carbocycles. The van der Waals surface area contributed by atoms with Crippen molar-refractivity contribution in [3.8, 4) is 0 Å². The van der Waals surface area contributed by atoms with E-state index < -0.39 is 6.10 Å². The first-order valence-electron chi connectivity index (χ1n) is 6.06. The van der Waals surface area contributed by atoms with E-state index in [0.717, 1.165) is 27.5 Å². The number of hydrogen-bond donors (Lipinski definition) is 1. The van der Waals surface area contributed by atoms with Crippen molar-refractivity contribution in [3.63, 3.8) is 0 Å². The van der Waals surface area contributed by atoms with E-state index in [1.807, 2.05) is 48.7 Å². The van der Waals surface area contributed by atoms with Crippen molar-refractivity contribution in [1.82, 2.24) is 0 Å². The molecule has 0 bridgehead atoms. The number of hydrogen-bond acceptors (Lipinski definition) is 2. The maximum absolute atomic E-state index is 10.6. The van der Waals surface area contributed by atoms with Gasteiger partial charge in [0.05, 0.1) is 0 Å². The van der Waals surface area contributed by atoms with Crippen molar-refractivity contribution < 1.29 is 5.11 Å². The van der Waals surface area contributed by atoms with Crippen LogP contribution in [0.25, 0.3) is 10.8 Å². The molecule has 1 atom stereocenters. The molecule has 3 aromatic rings. The number of fused-ring (bicyclic) bond motifs is 1. The zero-order valence-corrected chi connectivity index (χ0v) is 12.0. The maximum atomic E-state index is 10.6. The van der Waals surface area contributed by atoms with Crippen molar-refractivity contribution >= 4 is 33.7 Å². The van der Waals surface area contributed by atoms with Gasteiger partial charge in [-0.05, 0) is 45.8 Å². The predicted molar refractivity (Wildman–Crippen MR) is 82.1 cm³/mol. The van der Waals surface area contributed by atoms with Crippen LogP contribution in [0.15, 0.2) is 47.2 Å². The van der Waals surface area contributed by atoms with E-state index in [-0.39, 0.29) is 0 Å². The maximum Gasteiger partial charge on any atom is 0.106 e. The summed E-state index contributed by atoms with van der Waals surface area (Å²) >= 11 is 7.82. The van der Waals surface area contributed by atoms with E-state index in [4.69, 9.17) is 11.6 Å². The highest BCUT2D eigenvalue weighted by Gasteiger charge is 2.16. The number of aliphatic hydroxyl groups excluding tert-OH is 1. The first-order valence-corrected chi connectivity index (χ1v) is 7.38. The van der Waals surface area contributed by atoms with Crippen molar-refractivity contribution in [2.45, 2.75) is 13.0 Å². The Morgan fingerprint density at radius 1 is 1.00 bits per heavy atom. The molecule has 1 N–H and O–H groups in total. The van der Waals surface area contributed by atoms with E-state index in [2.05, 4.69) is 5.38 Å². The lowest BCUT2D eigenvalue weighted by Gasteiger charge is -2.14. The smallest absolute Gasteiger partial charge is 0.106 e. The molecule has 3 rings (SSSR count). The van der Waals surface area contributed by atoms with E-state index in [1.54, 1.807) is 11.3 Å². The van der Waals surface area contributed by atoms with Crippen LogP contribution in [0.5, 0.6) is 0 Å². The van der Waals surface area contributed by atoms with Crippen LogP contribution in [-0.2, 0) is 0 Å². The molecule has 1 aromatic heterocycles. The summed E-state index contributed by atoms with van der Waals surface area (Å²) in [5.41, 5.74) is 3.00. The lowest BCUT2D eigenvalue weighted by atomic mass is 9.96. The third-order valence-corrected chi connectivity index (χ3v) is 4.60. The predicted octanol–water partition coefficient (Wildman–Crippen LogP) is 4.94. The van der Waals surface area contributed by atoms with Crippen molar-refractivity contribution in [2.75, 3.05) is 0 Å². The van der Waals surface area contributed by atoms with E-state index in [1.165, 1.54) is 0 Å². The van der Waals surface area contributed by atoms with Crippen LogP contribution in [0.2, 0.25) is 5.02 Å². The molecule has 1 unspecified atom stereocenters. The molecule has 0 spiro atoms. The Morgan fingerprint density at radius 3 is 2.42 bits per heavy atom. The first kappa shape index (κ1) is 12.7. The average Bonchev–Trinajstić information content (AvgIpc) is 2.85. The molecular weight excluding hydrogens is 276 g/mol. The molecule has 0 radical (unpaired) electrons. The number of aryl methyl sites for hydroxylation is 1. The fourth-order valence-electron chi connectivity index (χ4n) is 2.34. The van der Waals surface area contributed by atoms with Gasteiger partial charge in [-0.25, -0.2) is 0 Å². The Balaban J connectivity index is 2.21. The van der Waals surface area contributed by atoms with Gasteiger partial charge in [-0.2, -0.15) is 11.3 Å². The average molecular weight is 289 g/mol. The minimum absolute atomic E-state index is 0.603. The molecule has 0 aliphatic rings. The summed E-state index contributed by atoms with van der Waals surface area (Å²) in [7, 11) is 0. The molecule has 96 valence electrons. The molecule has 2 aromatic carbocycles. The normalized spacial score (nSPS) is 12.8. The number of aliphatic hydroxyl groups is 1. The first-order chi connectivity index (χ1) is 9.18. The SMILES string of the molecule is Cc1cscc1C(O)c1ccc(Cl)c2ccccc12. The van der Waals surface area contributed by atoms with Crippen molar-refractivity contribution in [2.24, 2.45) is 0 Å². The molecule has 1 nitrogen and oxygen atoms in total. The number of rotatable bonds is 2. The summed E-state index contributed by atoms with van der Waals surface area (Å²) in [6.45, 7) is 2.02. The lowest BCUT2D eigenvalue weighted by molar-refractivity contribution is 0.221. The number of halogens is 1. The molecule has 0 saturated carbocycles. The van der Waals surface area contributed by atoms with Gasteiger partial charge in [0.1, 0.15) is 6.10 Å². The van der Waals surface area contributed by atoms with Gasteiger partial charge in [0.2, 0.25) is 0 Å². The van der Waals surface area contributed by atoms with E-state index in [9.17, 15) is 5.11 Å². The van der Waals surface area contributed by atoms with Gasteiger partial charge < -0.3 is 5.11 Å². The van der Waals surface area contributed by atoms with E-state index in [0.29, 0.717) is 5.02 Å². The standard InChI is InChI=1S/C16H13ClOS/c1-10-8-19-9-14(10)16(18)13-6-7-15(17)12-5-3-2-4-11(12)13/h2-9,16,18H,1H3. The Morgan fingerprint density at radius 2 is 1.74 bits per heavy atom. The highest BCUT2D eigenvalue weighted by Crippen LogP contribution is 2.34. The Bertz CT molecular complexity index is 732. The van der Waals surface area contributed by atoms with Crippen LogP contribution in [0, 0.1) is 6.92 Å². The Labute approximate surface area is 121 Å². The van der Waals surface area contributed by atoms with Crippen LogP contribution in [-0.4, -0.2) is 5.11 Å². The van der Waals surface area contributed by atoms with Crippen LogP contribution < -0.4 is 0 Å². The van der Waals surface area contributed by atoms with E-state index >= 15 is 0 Å². The highest BCUT2D eigenvalue weighted by atomic mass is 35.5. The quantitative estimate of drug-likeness (QED) is 0.708. The molecule has 0 amide bonds. The summed E-state index contributed by atoms with van der Waals surface area (Å²) in [4.78, 5) is 0. The van der Waals surface area contributed by atoms with Gasteiger partial charge in [-0.1, -0.05) is 41.9 Å². The second-order valence-corrected chi connectivity index (χ2v) is 5.75. The van der Waals surface area contributed by atoms with Gasteiger partial charge in [-0.3, -0.25) is 0 Å². The van der Waals surface area contributed by atoms with Crippen molar-refractivity contribution in [3.05, 3.63) is 68.9 Å². The topological polar surface area (TPSA) is 20.2 Å². The van der Waals surface area contributed by atoms with Crippen LogP contribution in [0.4, 0.5) is 0 Å². The van der Waals surface area contributed by atoms with Gasteiger partial charge in [0, 0.05) is 10.4 Å². The Kier molecular flexibility index (Phi) is 3.31. The summed E-state index contributed by atoms with van der Waals surface area (Å²) in [6, 6.07) is 11.7. The minimum Gasteiger partial charge on any atom is -0.384 e. The third kappa shape index (κ3) is 2.16. The van der Waals surface area contributed by atoms with Crippen LogP contribution >= 0.6 is 22.9 Å². The fourth-order valence-corrected chi connectivity index (χ4v) is 3.44. The summed E-state index contributed by atoms with van der Waals surface area (Å²) in [5.74, 6) is 0. The second-order valence-electron chi connectivity index (χ2n) is 4.59. The second kappa shape index (κ2) is 4.97. The lowest BCUT2D eigenvalue weighted by Crippen LogP contribution is -2.00. The fraction of sp³-hybridized carbons (Fsp3) is 0.125. The molecule has 0 saturated heterocycles. The summed E-state index contributed by atoms with van der Waals surface area (Å²) in [5, 5.41) is 17.4. The molecular formula is C16H13ClOS. The molecule has 3 heteroatoms. The molecule has 0 aliphatic heterocycles. The van der Waals surface area contributed by atoms with Crippen LogP contribution in [0.3, 0.4) is 0 Å². The summed E-state index contributed by atoms with van der Waals surface area (Å²) < 4.78 is 0. The minimum atomic E-state index is -0.603. The summed E-state index contributed by atoms with van der Waals surface area (Å²) in [6.07, 6.45) is -0.603. The Hall–Kier alpha value is -1.35. The monoisotopic (exact) mass is 288 g/mol. The van der Waals surface area contributed by atoms with Crippen molar-refractivity contribution in [1.29, 1.82) is 0 Å². The zero-order valence-electron chi connectivity index (χ0n) is 10.4. The van der Waals surface area contributed by atoms with Gasteiger partial charge in [0.15, 0.2) is 0 Å². The number of benzene rings is 2. The van der Waals surface area contributed by atoms with Gasteiger partial charge in [-0.15, -0.1) is 0 Å². The van der Waals surface area contributed by atoms with Crippen LogP contribution in [0.1, 0.15) is 22.8 Å². The number of thiophene rings is 1. The zero-order chi connectivity index (χ0) is 13.4. The van der Waals surface area contributed by atoms with Gasteiger partial charge >= 0.3 is 0 Å². The largest absolute Gasteiger partial charge is 0.384 e. The van der Waals surface area contributed by atoms with Gasteiger partial charge in [0.25, 0.3) is 0 Å². The molecule has 1 heterocycles.